The summed E-state index contributed by atoms with van der Waals surface area (Å²) >= 11 is 1.36. The van der Waals surface area contributed by atoms with Gasteiger partial charge in [-0.2, -0.15) is 10.4 Å². The summed E-state index contributed by atoms with van der Waals surface area (Å²) in [5.74, 6) is 0.618. The monoisotopic (exact) mass is 412 g/mol. The molecule has 1 saturated heterocycles. The van der Waals surface area contributed by atoms with E-state index >= 15 is 0 Å². The van der Waals surface area contributed by atoms with Crippen LogP contribution in [0.4, 0.5) is 5.82 Å². The highest BCUT2D eigenvalue weighted by molar-refractivity contribution is 7.98. The van der Waals surface area contributed by atoms with Gasteiger partial charge in [0.2, 0.25) is 0 Å². The minimum Gasteiger partial charge on any atom is -0.335 e. The zero-order valence-corrected chi connectivity index (χ0v) is 16.9. The Balaban J connectivity index is 2.01. The van der Waals surface area contributed by atoms with Gasteiger partial charge in [0, 0.05) is 19.6 Å². The van der Waals surface area contributed by atoms with Crippen LogP contribution in [0.5, 0.6) is 0 Å². The number of nitro groups is 1. The molecule has 10 nitrogen and oxygen atoms in total. The normalized spacial score (nSPS) is 15.4. The van der Waals surface area contributed by atoms with Crippen LogP contribution in [0.2, 0.25) is 0 Å². The Kier molecular flexibility index (Phi) is 6.46. The highest BCUT2D eigenvalue weighted by Crippen LogP contribution is 2.30. The number of para-hydroxylation sites is 1. The third kappa shape index (κ3) is 4.38. The van der Waals surface area contributed by atoms with E-state index in [9.17, 15) is 15.4 Å². The van der Waals surface area contributed by atoms with Crippen LogP contribution in [-0.4, -0.2) is 62.8 Å². The first-order valence-corrected chi connectivity index (χ1v) is 10.2. The van der Waals surface area contributed by atoms with Crippen molar-refractivity contribution in [2.45, 2.75) is 18.4 Å². The highest BCUT2D eigenvalue weighted by Gasteiger charge is 2.28. The molecule has 0 unspecified atom stereocenters. The number of thioether (sulfide) groups is 1. The molecule has 1 aromatic carbocycles. The van der Waals surface area contributed by atoms with Gasteiger partial charge in [-0.25, -0.2) is 19.8 Å². The molecular formula is C18H20N8O2S. The van der Waals surface area contributed by atoms with Crippen LogP contribution >= 0.6 is 11.8 Å². The van der Waals surface area contributed by atoms with Gasteiger partial charge in [0.05, 0.1) is 5.69 Å². The maximum atomic E-state index is 11.0. The van der Waals surface area contributed by atoms with Crippen molar-refractivity contribution in [2.75, 3.05) is 25.9 Å². The molecule has 0 amide bonds. The summed E-state index contributed by atoms with van der Waals surface area (Å²) in [6, 6.07) is 11.6. The van der Waals surface area contributed by atoms with Gasteiger partial charge in [-0.15, -0.1) is 11.8 Å². The van der Waals surface area contributed by atoms with E-state index in [2.05, 4.69) is 21.3 Å². The molecule has 1 aliphatic heterocycles. The third-order valence-corrected chi connectivity index (χ3v) is 4.94. The van der Waals surface area contributed by atoms with Gasteiger partial charge in [-0.05, 0) is 24.8 Å². The Hall–Kier alpha value is -3.39. The van der Waals surface area contributed by atoms with E-state index < -0.39 is 5.03 Å². The molecule has 2 heterocycles. The van der Waals surface area contributed by atoms with Gasteiger partial charge in [0.1, 0.15) is 28.1 Å². The quantitative estimate of drug-likeness (QED) is 0.226. The van der Waals surface area contributed by atoms with Crippen LogP contribution in [-0.2, 0) is 0 Å². The molecule has 11 heteroatoms. The molecule has 0 atom stereocenters. The number of rotatable bonds is 7. The van der Waals surface area contributed by atoms with Crippen LogP contribution in [0.3, 0.4) is 0 Å². The van der Waals surface area contributed by atoms with Crippen molar-refractivity contribution in [2.24, 2.45) is 10.1 Å². The minimum atomic E-state index is -0.703. The van der Waals surface area contributed by atoms with Gasteiger partial charge < -0.3 is 4.90 Å². The Bertz CT molecular complexity index is 980. The highest BCUT2D eigenvalue weighted by atomic mass is 32.2. The predicted octanol–water partition coefficient (Wildman–Crippen LogP) is 2.70. The number of aliphatic imine (C=N–C) groups is 1. The molecule has 0 radical (unpaired) electrons. The molecule has 29 heavy (non-hydrogen) atoms. The van der Waals surface area contributed by atoms with Crippen molar-refractivity contribution >= 4 is 29.9 Å². The van der Waals surface area contributed by atoms with Crippen molar-refractivity contribution in [3.63, 3.8) is 0 Å². The van der Waals surface area contributed by atoms with E-state index in [0.29, 0.717) is 36.0 Å². The van der Waals surface area contributed by atoms with Crippen molar-refractivity contribution in [1.82, 2.24) is 19.6 Å². The zero-order valence-electron chi connectivity index (χ0n) is 16.1. The number of hydrogen-bond acceptors (Lipinski definition) is 6. The fraction of sp³-hybridized carbons (Fsp3) is 0.333. The maximum absolute atomic E-state index is 11.0. The molecule has 0 N–H and O–H groups in total. The molecule has 1 aromatic heterocycles. The summed E-state index contributed by atoms with van der Waals surface area (Å²) in [4.78, 5) is 18.9. The number of nitrogens with zero attached hydrogens (tertiary/aromatic N) is 8. The van der Waals surface area contributed by atoms with E-state index in [1.54, 1.807) is 9.58 Å². The average Bonchev–Trinajstić information content (AvgIpc) is 3.27. The first-order chi connectivity index (χ1) is 14.1. The van der Waals surface area contributed by atoms with E-state index in [4.69, 9.17) is 0 Å². The molecule has 150 valence electrons. The van der Waals surface area contributed by atoms with Crippen LogP contribution in [0, 0.1) is 21.4 Å². The number of benzene rings is 1. The smallest absolute Gasteiger partial charge is 0.279 e. The number of guanidine groups is 1. The average molecular weight is 412 g/mol. The molecule has 0 saturated carbocycles. The number of aromatic nitrogens is 2. The van der Waals surface area contributed by atoms with Gasteiger partial charge in [0.15, 0.2) is 10.9 Å². The Morgan fingerprint density at radius 3 is 2.76 bits per heavy atom. The number of hydrogen-bond donors (Lipinski definition) is 0. The second kappa shape index (κ2) is 9.20. The van der Waals surface area contributed by atoms with Crippen molar-refractivity contribution in [3.8, 4) is 11.8 Å². The summed E-state index contributed by atoms with van der Waals surface area (Å²) in [7, 11) is 0. The van der Waals surface area contributed by atoms with Gasteiger partial charge in [0.25, 0.3) is 5.96 Å². The number of hydrazone groups is 1. The molecule has 1 aliphatic rings. The Morgan fingerprint density at radius 2 is 2.14 bits per heavy atom. The Labute approximate surface area is 172 Å². The third-order valence-electron chi connectivity index (χ3n) is 4.27. The summed E-state index contributed by atoms with van der Waals surface area (Å²) in [6.45, 7) is 3.81. The molecule has 0 spiro atoms. The lowest BCUT2D eigenvalue weighted by atomic mass is 10.3. The standard InChI is InChI=1S/C18H20N8O2S/c1-3-9-23-10-11-24(18(23)22-26(27)28)13-20-16-15(12-19)17(29-2)21-25(16)14-7-5-4-6-8-14/h4-8,13H,3,9-11H2,1-2H3/b20-13+,22-18+. The van der Waals surface area contributed by atoms with Crippen molar-refractivity contribution in [1.29, 1.82) is 5.26 Å². The second-order valence-corrected chi connectivity index (χ2v) is 6.92. The van der Waals surface area contributed by atoms with Crippen molar-refractivity contribution in [3.05, 3.63) is 46.0 Å². The first-order valence-electron chi connectivity index (χ1n) is 9.00. The predicted molar refractivity (Wildman–Crippen MR) is 111 cm³/mol. The topological polar surface area (TPSA) is 116 Å². The lowest BCUT2D eigenvalue weighted by Gasteiger charge is -2.16. The summed E-state index contributed by atoms with van der Waals surface area (Å²) in [5, 5.41) is 28.5. The van der Waals surface area contributed by atoms with Crippen LogP contribution in [0.25, 0.3) is 5.69 Å². The first kappa shape index (κ1) is 20.3. The maximum Gasteiger partial charge on any atom is 0.279 e. The molecule has 3 rings (SSSR count). The largest absolute Gasteiger partial charge is 0.335 e. The zero-order chi connectivity index (χ0) is 20.8. The summed E-state index contributed by atoms with van der Waals surface area (Å²) < 4.78 is 1.60. The summed E-state index contributed by atoms with van der Waals surface area (Å²) in [5.41, 5.74) is 1.12. The van der Waals surface area contributed by atoms with Gasteiger partial charge >= 0.3 is 0 Å². The fourth-order valence-corrected chi connectivity index (χ4v) is 3.52. The second-order valence-electron chi connectivity index (χ2n) is 6.13. The summed E-state index contributed by atoms with van der Waals surface area (Å²) in [6.07, 6.45) is 4.18. The van der Waals surface area contributed by atoms with Gasteiger partial charge in [-0.3, -0.25) is 4.90 Å². The van der Waals surface area contributed by atoms with Gasteiger partial charge in [-0.1, -0.05) is 25.1 Å². The fourth-order valence-electron chi connectivity index (χ4n) is 3.02. The minimum absolute atomic E-state index is 0.245. The molecule has 0 bridgehead atoms. The van der Waals surface area contributed by atoms with E-state index in [1.807, 2.05) is 48.4 Å². The van der Waals surface area contributed by atoms with E-state index in [-0.39, 0.29) is 5.96 Å². The molecular weight excluding hydrogens is 392 g/mol. The van der Waals surface area contributed by atoms with E-state index in [1.165, 1.54) is 18.1 Å². The lowest BCUT2D eigenvalue weighted by molar-refractivity contribution is -0.486. The molecule has 1 fully saturated rings. The van der Waals surface area contributed by atoms with Crippen LogP contribution in [0.15, 0.2) is 45.5 Å². The van der Waals surface area contributed by atoms with E-state index in [0.717, 1.165) is 12.1 Å². The SMILES string of the molecule is CCCN1CCN(/C=N/c2c(C#N)c(SC)nn2-c2ccccc2)/C1=N/[N+](=O)[O-]. The van der Waals surface area contributed by atoms with Crippen molar-refractivity contribution < 1.29 is 5.03 Å². The molecule has 2 aromatic rings. The Morgan fingerprint density at radius 1 is 1.38 bits per heavy atom. The number of nitriles is 1. The molecule has 0 aliphatic carbocycles. The van der Waals surface area contributed by atoms with Crippen LogP contribution in [0.1, 0.15) is 18.9 Å². The van der Waals surface area contributed by atoms with Crippen LogP contribution < -0.4 is 0 Å². The lowest BCUT2D eigenvalue weighted by Crippen LogP contribution is -2.34.